The molecule has 2 heterocycles. The Morgan fingerprint density at radius 2 is 2.17 bits per heavy atom. The van der Waals surface area contributed by atoms with Crippen LogP contribution in [-0.2, 0) is 9.53 Å². The zero-order valence-corrected chi connectivity index (χ0v) is 13.3. The predicted octanol–water partition coefficient (Wildman–Crippen LogP) is 2.57. The number of hydrogen-bond donors (Lipinski definition) is 2. The van der Waals surface area contributed by atoms with E-state index in [0.29, 0.717) is 29.0 Å². The minimum Gasteiger partial charge on any atom is -0.504 e. The number of anilines is 2. The molecule has 1 amide bonds. The quantitative estimate of drug-likeness (QED) is 0.325. The largest absolute Gasteiger partial charge is 0.504 e. The second-order valence-electron chi connectivity index (χ2n) is 5.24. The number of pyridine rings is 1. The first-order chi connectivity index (χ1) is 11.5. The fraction of sp³-hybridized carbons (Fsp3) is 0.176. The van der Waals surface area contributed by atoms with Gasteiger partial charge in [0, 0.05) is 29.7 Å². The third kappa shape index (κ3) is 2.60. The number of carbonyl (C=O) groups is 2. The molecule has 1 aliphatic heterocycles. The van der Waals surface area contributed by atoms with Crippen molar-refractivity contribution in [2.75, 3.05) is 18.2 Å². The van der Waals surface area contributed by atoms with Crippen molar-refractivity contribution in [3.63, 3.8) is 0 Å². The van der Waals surface area contributed by atoms with Gasteiger partial charge in [0.1, 0.15) is 5.69 Å². The van der Waals surface area contributed by atoms with E-state index in [0.717, 1.165) is 10.9 Å². The molecule has 24 heavy (non-hydrogen) atoms. The van der Waals surface area contributed by atoms with Crippen molar-refractivity contribution >= 4 is 45.9 Å². The van der Waals surface area contributed by atoms with Crippen LogP contribution in [0.5, 0.6) is 0 Å². The number of carbonyl (C=O) groups excluding carboxylic acids is 2. The molecule has 1 aromatic heterocycles. The van der Waals surface area contributed by atoms with Gasteiger partial charge in [-0.3, -0.25) is 14.6 Å². The first-order valence-electron chi connectivity index (χ1n) is 7.40. The van der Waals surface area contributed by atoms with Crippen LogP contribution in [0.1, 0.15) is 29.4 Å². The summed E-state index contributed by atoms with van der Waals surface area (Å²) in [5.41, 5.74) is 9.01. The van der Waals surface area contributed by atoms with Crippen LogP contribution in [0.3, 0.4) is 0 Å². The zero-order valence-electron chi connectivity index (χ0n) is 13.3. The van der Waals surface area contributed by atoms with E-state index < -0.39 is 0 Å². The van der Waals surface area contributed by atoms with Gasteiger partial charge in [-0.05, 0) is 12.1 Å². The van der Waals surface area contributed by atoms with Gasteiger partial charge in [0.2, 0.25) is 11.7 Å². The number of aromatic nitrogens is 1. The number of benzene rings is 1. The fourth-order valence-corrected chi connectivity index (χ4v) is 2.50. The number of aliphatic imine (C=N–C) groups is 1. The number of allylic oxidation sites excluding steroid dienone is 1. The number of methoxy groups -OCH3 is 1. The van der Waals surface area contributed by atoms with Crippen LogP contribution in [-0.4, -0.2) is 30.0 Å². The number of ether oxygens (including phenoxy) is 1. The van der Waals surface area contributed by atoms with E-state index in [1.54, 1.807) is 25.3 Å². The Kier molecular flexibility index (Phi) is 3.99. The summed E-state index contributed by atoms with van der Waals surface area (Å²) in [6, 6.07) is 3.26. The normalized spacial score (nSPS) is 12.1. The lowest BCUT2D eigenvalue weighted by Crippen LogP contribution is -2.11. The van der Waals surface area contributed by atoms with Gasteiger partial charge in [-0.15, -0.1) is 0 Å². The van der Waals surface area contributed by atoms with Gasteiger partial charge in [0.05, 0.1) is 36.0 Å². The van der Waals surface area contributed by atoms with Gasteiger partial charge in [-0.1, -0.05) is 6.92 Å². The molecule has 0 unspecified atom stereocenters. The van der Waals surface area contributed by atoms with Crippen LogP contribution in [0.4, 0.5) is 17.1 Å². The topological polar surface area (TPSA) is 107 Å². The highest BCUT2D eigenvalue weighted by Gasteiger charge is 2.21. The van der Waals surface area contributed by atoms with Crippen LogP contribution in [0.25, 0.3) is 10.9 Å². The molecule has 0 radical (unpaired) electrons. The SMILES string of the molecule is CCC(=O)Nc1cc(N)c2c3c(cc(C(=O)C=COC)nc13)C=N2. The van der Waals surface area contributed by atoms with Crippen LogP contribution in [0.15, 0.2) is 29.5 Å². The van der Waals surface area contributed by atoms with E-state index in [4.69, 9.17) is 10.5 Å². The summed E-state index contributed by atoms with van der Waals surface area (Å²) in [5, 5.41) is 3.51. The number of rotatable bonds is 5. The van der Waals surface area contributed by atoms with Crippen molar-refractivity contribution in [1.29, 1.82) is 0 Å². The standard InChI is InChI=1S/C17H16N4O3/c1-3-14(23)20-12-7-10(18)16-15-9(8-19-16)6-11(21-17(12)15)13(22)4-5-24-2/h4-8H,3,18H2,1-2H3,(H,20,23). The van der Waals surface area contributed by atoms with E-state index in [2.05, 4.69) is 15.3 Å². The Morgan fingerprint density at radius 3 is 2.88 bits per heavy atom. The molecular formula is C17H16N4O3. The van der Waals surface area contributed by atoms with E-state index in [9.17, 15) is 9.59 Å². The molecule has 0 saturated heterocycles. The van der Waals surface area contributed by atoms with Crippen molar-refractivity contribution in [3.05, 3.63) is 35.7 Å². The number of ketones is 1. The molecule has 2 aromatic rings. The molecule has 1 aromatic carbocycles. The van der Waals surface area contributed by atoms with Crippen molar-refractivity contribution in [3.8, 4) is 0 Å². The van der Waals surface area contributed by atoms with Gasteiger partial charge in [-0.25, -0.2) is 4.98 Å². The lowest BCUT2D eigenvalue weighted by Gasteiger charge is -2.11. The number of hydrogen-bond acceptors (Lipinski definition) is 6. The third-order valence-corrected chi connectivity index (χ3v) is 3.65. The lowest BCUT2D eigenvalue weighted by molar-refractivity contribution is -0.115. The maximum atomic E-state index is 12.2. The maximum absolute atomic E-state index is 12.2. The molecule has 7 heteroatoms. The summed E-state index contributed by atoms with van der Waals surface area (Å²) in [4.78, 5) is 32.7. The number of nitrogens with one attached hydrogen (secondary N) is 1. The smallest absolute Gasteiger partial charge is 0.224 e. The Bertz CT molecular complexity index is 916. The molecule has 0 fully saturated rings. The average Bonchev–Trinajstić information content (AvgIpc) is 3.01. The Balaban J connectivity index is 2.21. The summed E-state index contributed by atoms with van der Waals surface area (Å²) < 4.78 is 4.77. The van der Waals surface area contributed by atoms with Gasteiger partial charge in [0.25, 0.3) is 0 Å². The number of nitrogens with two attached hydrogens (primary N) is 1. The first-order valence-corrected chi connectivity index (χ1v) is 7.40. The second-order valence-corrected chi connectivity index (χ2v) is 5.24. The first kappa shape index (κ1) is 15.7. The monoisotopic (exact) mass is 324 g/mol. The van der Waals surface area contributed by atoms with Crippen LogP contribution in [0.2, 0.25) is 0 Å². The molecule has 0 spiro atoms. The van der Waals surface area contributed by atoms with Crippen molar-refractivity contribution in [2.45, 2.75) is 13.3 Å². The van der Waals surface area contributed by atoms with Crippen LogP contribution < -0.4 is 11.1 Å². The summed E-state index contributed by atoms with van der Waals surface area (Å²) in [6.07, 6.45) is 4.53. The molecule has 0 bridgehead atoms. The van der Waals surface area contributed by atoms with E-state index >= 15 is 0 Å². The van der Waals surface area contributed by atoms with Gasteiger partial charge < -0.3 is 15.8 Å². The van der Waals surface area contributed by atoms with Gasteiger partial charge in [-0.2, -0.15) is 0 Å². The minimum atomic E-state index is -0.304. The molecule has 3 N–H and O–H groups in total. The predicted molar refractivity (Wildman–Crippen MR) is 92.8 cm³/mol. The molecule has 122 valence electrons. The zero-order chi connectivity index (χ0) is 17.3. The number of amides is 1. The molecule has 0 atom stereocenters. The highest BCUT2D eigenvalue weighted by molar-refractivity contribution is 6.19. The highest BCUT2D eigenvalue weighted by Crippen LogP contribution is 2.41. The Morgan fingerprint density at radius 1 is 1.38 bits per heavy atom. The van der Waals surface area contributed by atoms with Crippen molar-refractivity contribution in [2.24, 2.45) is 4.99 Å². The molecule has 0 aliphatic carbocycles. The molecule has 3 rings (SSSR count). The number of nitrogens with zero attached hydrogens (tertiary/aromatic N) is 2. The average molecular weight is 324 g/mol. The van der Waals surface area contributed by atoms with Gasteiger partial charge >= 0.3 is 0 Å². The van der Waals surface area contributed by atoms with E-state index in [1.807, 2.05) is 0 Å². The molecule has 0 saturated carbocycles. The van der Waals surface area contributed by atoms with Gasteiger partial charge in [0.15, 0.2) is 0 Å². The Hall–Kier alpha value is -3.22. The lowest BCUT2D eigenvalue weighted by atomic mass is 10.0. The second kappa shape index (κ2) is 6.11. The summed E-state index contributed by atoms with van der Waals surface area (Å²) >= 11 is 0. The summed E-state index contributed by atoms with van der Waals surface area (Å²) in [5.74, 6) is -0.468. The van der Waals surface area contributed by atoms with E-state index in [1.165, 1.54) is 19.4 Å². The minimum absolute atomic E-state index is 0.164. The highest BCUT2D eigenvalue weighted by atomic mass is 16.5. The molecule has 1 aliphatic rings. The molecular weight excluding hydrogens is 308 g/mol. The summed E-state index contributed by atoms with van der Waals surface area (Å²) in [7, 11) is 1.46. The van der Waals surface area contributed by atoms with Crippen molar-refractivity contribution in [1.82, 2.24) is 4.98 Å². The third-order valence-electron chi connectivity index (χ3n) is 3.65. The van der Waals surface area contributed by atoms with Crippen LogP contribution in [0, 0.1) is 0 Å². The maximum Gasteiger partial charge on any atom is 0.224 e. The van der Waals surface area contributed by atoms with Crippen LogP contribution >= 0.6 is 0 Å². The number of nitrogen functional groups attached to an aromatic ring is 1. The Labute approximate surface area is 138 Å². The fourth-order valence-electron chi connectivity index (χ4n) is 2.50. The molecule has 7 nitrogen and oxygen atoms in total. The van der Waals surface area contributed by atoms with E-state index in [-0.39, 0.29) is 17.4 Å². The summed E-state index contributed by atoms with van der Waals surface area (Å²) in [6.45, 7) is 1.75. The van der Waals surface area contributed by atoms with Crippen molar-refractivity contribution < 1.29 is 14.3 Å².